The molecule has 178 valence electrons. The predicted octanol–water partition coefficient (Wildman–Crippen LogP) is 2.85. The number of phenolic OH excluding ortho intramolecular Hbond substituents is 2. The number of benzene rings is 2. The summed E-state index contributed by atoms with van der Waals surface area (Å²) in [5.74, 6) is -2.76. The Bertz CT molecular complexity index is 1640. The Hall–Kier alpha value is -4.60. The Kier molecular flexibility index (Phi) is 4.57. The maximum atomic E-state index is 13.8. The number of carbonyl (C=O) groups is 3. The van der Waals surface area contributed by atoms with Crippen LogP contribution in [-0.2, 0) is 15.0 Å². The maximum Gasteiger partial charge on any atom is 0.323 e. The van der Waals surface area contributed by atoms with E-state index < -0.39 is 28.5 Å². The summed E-state index contributed by atoms with van der Waals surface area (Å²) >= 11 is 0. The number of carbonyl (C=O) groups excluding carboxylic acids is 3. The van der Waals surface area contributed by atoms with Crippen molar-refractivity contribution in [3.63, 3.8) is 0 Å². The van der Waals surface area contributed by atoms with Crippen LogP contribution in [0.3, 0.4) is 0 Å². The maximum absolute atomic E-state index is 13.8. The summed E-state index contributed by atoms with van der Waals surface area (Å²) in [5.41, 5.74) is -0.281. The molecule has 0 saturated carbocycles. The molecule has 0 radical (unpaired) electrons. The largest absolute Gasteiger partial charge is 0.507 e. The second-order valence-electron chi connectivity index (χ2n) is 8.85. The monoisotopic (exact) mass is 475 g/mol. The fraction of sp³-hybridized carbons (Fsp3) is 0.200. The van der Waals surface area contributed by atoms with Crippen molar-refractivity contribution in [3.8, 4) is 17.2 Å². The third kappa shape index (κ3) is 2.96. The first kappa shape index (κ1) is 22.2. The summed E-state index contributed by atoms with van der Waals surface area (Å²) in [7, 11) is 0. The van der Waals surface area contributed by atoms with E-state index in [-0.39, 0.29) is 50.9 Å². The van der Waals surface area contributed by atoms with Crippen LogP contribution < -0.4 is 15.7 Å². The third-order valence-corrected chi connectivity index (χ3v) is 6.61. The Morgan fingerprint density at radius 1 is 1.06 bits per heavy atom. The van der Waals surface area contributed by atoms with Crippen LogP contribution in [-0.4, -0.2) is 37.5 Å². The van der Waals surface area contributed by atoms with Crippen molar-refractivity contribution < 1.29 is 29.3 Å². The van der Waals surface area contributed by atoms with Crippen molar-refractivity contribution in [2.24, 2.45) is 0 Å². The van der Waals surface area contributed by atoms with Crippen LogP contribution in [0.2, 0.25) is 0 Å². The zero-order chi connectivity index (χ0) is 25.4. The van der Waals surface area contributed by atoms with Crippen LogP contribution in [0.4, 0.5) is 5.69 Å². The molecule has 3 aromatic rings. The second kappa shape index (κ2) is 7.20. The van der Waals surface area contributed by atoms with Crippen LogP contribution in [0, 0.1) is 6.92 Å². The summed E-state index contributed by atoms with van der Waals surface area (Å²) < 4.78 is 5.76. The van der Waals surface area contributed by atoms with Gasteiger partial charge >= 0.3 is 5.69 Å². The van der Waals surface area contributed by atoms with Crippen LogP contribution in [0.5, 0.6) is 17.2 Å². The summed E-state index contributed by atoms with van der Waals surface area (Å²) in [4.78, 5) is 55.9. The van der Waals surface area contributed by atoms with E-state index in [2.05, 4.69) is 15.3 Å². The average molecular weight is 475 g/mol. The standard InChI is InChI=1S/C25H21N3O7/c1-9-20(31)18(11(3)29)22-19(21(9)32)25(4)16(35-22)8-15(30)17(23(25)33)10(2)26-12-5-6-13-14(7-12)28-24(34)27-13/h5-8,26,31-32H,1-4H3,(H2,27,28,34)/b17-10+/t25-/m0/s1. The van der Waals surface area contributed by atoms with Gasteiger partial charge in [0, 0.05) is 23.0 Å². The highest BCUT2D eigenvalue weighted by Crippen LogP contribution is 2.57. The van der Waals surface area contributed by atoms with E-state index in [0.29, 0.717) is 16.7 Å². The second-order valence-corrected chi connectivity index (χ2v) is 8.85. The number of nitrogens with one attached hydrogen (secondary N) is 3. The molecule has 2 heterocycles. The molecule has 2 aliphatic rings. The number of phenols is 2. The van der Waals surface area contributed by atoms with Gasteiger partial charge in [0.1, 0.15) is 34.0 Å². The number of allylic oxidation sites excluding steroid dienone is 4. The first-order chi connectivity index (χ1) is 16.4. The molecule has 35 heavy (non-hydrogen) atoms. The van der Waals surface area contributed by atoms with Crippen molar-refractivity contribution in [2.75, 3.05) is 5.32 Å². The molecule has 1 aliphatic heterocycles. The number of aromatic hydroxyl groups is 2. The summed E-state index contributed by atoms with van der Waals surface area (Å²) in [6.45, 7) is 5.72. The Morgan fingerprint density at radius 2 is 1.74 bits per heavy atom. The molecule has 0 amide bonds. The van der Waals surface area contributed by atoms with Gasteiger partial charge < -0.3 is 30.2 Å². The SMILES string of the molecule is CC(=O)c1c(O)c(C)c(O)c2c1OC1=CC(=O)/C(=C(/C)Nc3ccc4[nH]c(=O)[nH]c4c3)C(=O)[C@@]12C. The van der Waals surface area contributed by atoms with Crippen molar-refractivity contribution in [2.45, 2.75) is 33.1 Å². The van der Waals surface area contributed by atoms with Crippen LogP contribution >= 0.6 is 0 Å². The normalized spacial score (nSPS) is 20.3. The number of aromatic nitrogens is 2. The summed E-state index contributed by atoms with van der Waals surface area (Å²) in [6, 6.07) is 5.01. The van der Waals surface area contributed by atoms with E-state index in [9.17, 15) is 29.4 Å². The molecule has 10 heteroatoms. The number of hydrogen-bond donors (Lipinski definition) is 5. The number of Topliss-reactive ketones (excluding diaryl/α,β-unsaturated/α-hetero) is 2. The average Bonchev–Trinajstić information content (AvgIpc) is 3.28. The van der Waals surface area contributed by atoms with E-state index in [1.165, 1.54) is 20.8 Å². The Balaban J connectivity index is 1.65. The number of anilines is 1. The number of aromatic amines is 2. The van der Waals surface area contributed by atoms with Crippen molar-refractivity contribution >= 4 is 34.1 Å². The van der Waals surface area contributed by atoms with Crippen molar-refractivity contribution in [1.29, 1.82) is 0 Å². The lowest BCUT2D eigenvalue weighted by Crippen LogP contribution is -2.40. The van der Waals surface area contributed by atoms with Crippen LogP contribution in [0.25, 0.3) is 11.0 Å². The number of ether oxygens (including phenoxy) is 1. The van der Waals surface area contributed by atoms with Gasteiger partial charge in [-0.25, -0.2) is 4.79 Å². The van der Waals surface area contributed by atoms with Gasteiger partial charge in [0.2, 0.25) is 0 Å². The molecule has 0 saturated heterocycles. The summed E-state index contributed by atoms with van der Waals surface area (Å²) in [6.07, 6.45) is 1.16. The number of rotatable bonds is 3. The van der Waals surface area contributed by atoms with Gasteiger partial charge in [-0.15, -0.1) is 0 Å². The Labute approximate surface area is 197 Å². The molecule has 0 bridgehead atoms. The van der Waals surface area contributed by atoms with Crippen molar-refractivity contribution in [1.82, 2.24) is 9.97 Å². The third-order valence-electron chi connectivity index (χ3n) is 6.61. The molecule has 10 nitrogen and oxygen atoms in total. The molecule has 0 fully saturated rings. The quantitative estimate of drug-likeness (QED) is 0.219. The lowest BCUT2D eigenvalue weighted by molar-refractivity contribution is -0.123. The van der Waals surface area contributed by atoms with E-state index in [0.717, 1.165) is 6.08 Å². The molecule has 2 aromatic carbocycles. The molecule has 1 aliphatic carbocycles. The molecule has 5 rings (SSSR count). The van der Waals surface area contributed by atoms with Crippen molar-refractivity contribution in [3.05, 3.63) is 68.5 Å². The summed E-state index contributed by atoms with van der Waals surface area (Å²) in [5, 5.41) is 24.4. The highest BCUT2D eigenvalue weighted by molar-refractivity contribution is 6.31. The minimum absolute atomic E-state index is 0.0263. The number of hydrogen-bond acceptors (Lipinski definition) is 8. The topological polar surface area (TPSA) is 162 Å². The smallest absolute Gasteiger partial charge is 0.323 e. The van der Waals surface area contributed by atoms with E-state index >= 15 is 0 Å². The number of H-pyrrole nitrogens is 2. The van der Waals surface area contributed by atoms with Crippen LogP contribution in [0.15, 0.2) is 46.1 Å². The van der Waals surface area contributed by atoms with Gasteiger partial charge in [-0.3, -0.25) is 14.4 Å². The molecule has 0 unspecified atom stereocenters. The molecule has 5 N–H and O–H groups in total. The molecule has 0 spiro atoms. The van der Waals surface area contributed by atoms with Crippen LogP contribution in [0.1, 0.15) is 42.3 Å². The Morgan fingerprint density at radius 3 is 2.43 bits per heavy atom. The zero-order valence-electron chi connectivity index (χ0n) is 19.2. The number of fused-ring (bicyclic) bond motifs is 4. The lowest BCUT2D eigenvalue weighted by Gasteiger charge is -2.29. The first-order valence-corrected chi connectivity index (χ1v) is 10.7. The fourth-order valence-electron chi connectivity index (χ4n) is 4.75. The van der Waals surface area contributed by atoms with Gasteiger partial charge in [-0.05, 0) is 45.9 Å². The van der Waals surface area contributed by atoms with E-state index in [1.54, 1.807) is 25.1 Å². The minimum Gasteiger partial charge on any atom is -0.507 e. The highest BCUT2D eigenvalue weighted by Gasteiger charge is 2.56. The lowest BCUT2D eigenvalue weighted by atomic mass is 9.70. The predicted molar refractivity (Wildman–Crippen MR) is 126 cm³/mol. The van der Waals surface area contributed by atoms with Gasteiger partial charge in [0.15, 0.2) is 17.3 Å². The molecular formula is C25H21N3O7. The zero-order valence-corrected chi connectivity index (χ0v) is 19.2. The molecule has 1 atom stereocenters. The van der Waals surface area contributed by atoms with Gasteiger partial charge in [-0.1, -0.05) is 0 Å². The minimum atomic E-state index is -1.59. The molecular weight excluding hydrogens is 454 g/mol. The number of ketones is 3. The van der Waals surface area contributed by atoms with Gasteiger partial charge in [-0.2, -0.15) is 0 Å². The molecule has 1 aromatic heterocycles. The van der Waals surface area contributed by atoms with Gasteiger partial charge in [0.05, 0.1) is 22.2 Å². The van der Waals surface area contributed by atoms with Gasteiger partial charge in [0.25, 0.3) is 0 Å². The fourth-order valence-corrected chi connectivity index (χ4v) is 4.75. The van der Waals surface area contributed by atoms with E-state index in [1.807, 2.05) is 0 Å². The highest BCUT2D eigenvalue weighted by atomic mass is 16.5. The van der Waals surface area contributed by atoms with E-state index in [4.69, 9.17) is 4.74 Å². The first-order valence-electron chi connectivity index (χ1n) is 10.7. The number of imidazole rings is 1.